The molecule has 0 saturated heterocycles. The van der Waals surface area contributed by atoms with Crippen molar-refractivity contribution in [3.05, 3.63) is 24.3 Å². The summed E-state index contributed by atoms with van der Waals surface area (Å²) >= 11 is 0. The van der Waals surface area contributed by atoms with Crippen molar-refractivity contribution < 1.29 is 9.53 Å². The molecule has 0 aliphatic rings. The van der Waals surface area contributed by atoms with Gasteiger partial charge < -0.3 is 4.74 Å². The summed E-state index contributed by atoms with van der Waals surface area (Å²) in [7, 11) is 0. The molecule has 50 heavy (non-hydrogen) atoms. The van der Waals surface area contributed by atoms with Crippen LogP contribution in [-0.2, 0) is 9.53 Å². The standard InChI is InChI=1S/C48H92O2/c1-9-10-11-12-13-14-15-16-17-18-19-20-21-22-23-40-48(49)50-41-47(8)39-29-38-46(7)37-28-35-44(5)32-25-24-31-43(4)34-27-36-45(6)33-26-30-42(2)3/h13-14,16-17,42-47H,9-12,15,18-41H2,1-8H3/b14-13-,17-16-. The quantitative estimate of drug-likeness (QED) is 0.0366. The highest BCUT2D eigenvalue weighted by atomic mass is 16.5. The number of hydrogen-bond acceptors (Lipinski definition) is 2. The number of unbranched alkanes of at least 4 members (excludes halogenated alkanes) is 9. The second kappa shape index (κ2) is 36.3. The molecule has 0 bridgehead atoms. The maximum atomic E-state index is 12.2. The van der Waals surface area contributed by atoms with E-state index in [9.17, 15) is 4.79 Å². The van der Waals surface area contributed by atoms with Crippen LogP contribution in [0.15, 0.2) is 24.3 Å². The van der Waals surface area contributed by atoms with Gasteiger partial charge in [-0.1, -0.05) is 208 Å². The first-order chi connectivity index (χ1) is 24.1. The van der Waals surface area contributed by atoms with E-state index in [0.717, 1.165) is 48.9 Å². The molecule has 2 nitrogen and oxygen atoms in total. The van der Waals surface area contributed by atoms with E-state index < -0.39 is 0 Å². The van der Waals surface area contributed by atoms with Gasteiger partial charge in [0.15, 0.2) is 0 Å². The van der Waals surface area contributed by atoms with Crippen molar-refractivity contribution >= 4 is 5.97 Å². The molecule has 0 aromatic rings. The van der Waals surface area contributed by atoms with Gasteiger partial charge in [-0.15, -0.1) is 0 Å². The monoisotopic (exact) mass is 701 g/mol. The van der Waals surface area contributed by atoms with Gasteiger partial charge in [0.1, 0.15) is 0 Å². The molecule has 0 rings (SSSR count). The van der Waals surface area contributed by atoms with Crippen molar-refractivity contribution in [3.8, 4) is 0 Å². The van der Waals surface area contributed by atoms with E-state index in [2.05, 4.69) is 79.7 Å². The molecule has 5 atom stereocenters. The molecule has 0 aromatic carbocycles. The highest BCUT2D eigenvalue weighted by Crippen LogP contribution is 2.24. The highest BCUT2D eigenvalue weighted by Gasteiger charge is 2.11. The average Bonchev–Trinajstić information content (AvgIpc) is 3.07. The molecule has 0 fully saturated rings. The molecule has 0 radical (unpaired) electrons. The molecule has 0 aliphatic heterocycles. The van der Waals surface area contributed by atoms with Crippen molar-refractivity contribution in [3.63, 3.8) is 0 Å². The second-order valence-electron chi connectivity index (χ2n) is 17.6. The second-order valence-corrected chi connectivity index (χ2v) is 17.6. The Kier molecular flexibility index (Phi) is 35.6. The van der Waals surface area contributed by atoms with Gasteiger partial charge in [0.05, 0.1) is 6.61 Å². The Bertz CT molecular complexity index is 766. The molecule has 0 aliphatic carbocycles. The molecule has 0 amide bonds. The van der Waals surface area contributed by atoms with Crippen LogP contribution in [0.4, 0.5) is 0 Å². The zero-order chi connectivity index (χ0) is 37.1. The fourth-order valence-corrected chi connectivity index (χ4v) is 7.35. The summed E-state index contributed by atoms with van der Waals surface area (Å²) in [5, 5.41) is 0. The summed E-state index contributed by atoms with van der Waals surface area (Å²) in [6.45, 7) is 19.7. The Morgan fingerprint density at radius 1 is 0.440 bits per heavy atom. The SMILES string of the molecule is CCCCC/C=C\C/C=C\CCCCCCCC(=O)OCC(C)CCCC(C)CCCC(C)CCCCC(C)CCCC(C)CCCC(C)C. The Morgan fingerprint density at radius 3 is 1.32 bits per heavy atom. The average molecular weight is 701 g/mol. The van der Waals surface area contributed by atoms with Gasteiger partial charge in [-0.3, -0.25) is 4.79 Å². The van der Waals surface area contributed by atoms with Gasteiger partial charge in [-0.05, 0) is 80.5 Å². The van der Waals surface area contributed by atoms with Crippen LogP contribution in [0.25, 0.3) is 0 Å². The van der Waals surface area contributed by atoms with Crippen LogP contribution in [0.3, 0.4) is 0 Å². The lowest BCUT2D eigenvalue weighted by Crippen LogP contribution is -2.12. The maximum absolute atomic E-state index is 12.2. The van der Waals surface area contributed by atoms with Gasteiger partial charge in [0.25, 0.3) is 0 Å². The third-order valence-corrected chi connectivity index (χ3v) is 11.2. The lowest BCUT2D eigenvalue weighted by Gasteiger charge is -2.17. The fourth-order valence-electron chi connectivity index (χ4n) is 7.35. The van der Waals surface area contributed by atoms with Crippen molar-refractivity contribution in [1.29, 1.82) is 0 Å². The summed E-state index contributed by atoms with van der Waals surface area (Å²) in [5.74, 6) is 4.86. The first-order valence-electron chi connectivity index (χ1n) is 22.6. The summed E-state index contributed by atoms with van der Waals surface area (Å²) < 4.78 is 5.61. The minimum atomic E-state index is 0.00690. The summed E-state index contributed by atoms with van der Waals surface area (Å²) in [6, 6.07) is 0. The maximum Gasteiger partial charge on any atom is 0.305 e. The molecule has 0 aromatic heterocycles. The van der Waals surface area contributed by atoms with Crippen LogP contribution < -0.4 is 0 Å². The first kappa shape index (κ1) is 49.0. The van der Waals surface area contributed by atoms with Crippen LogP contribution in [0.5, 0.6) is 0 Å². The minimum absolute atomic E-state index is 0.00690. The number of rotatable bonds is 37. The van der Waals surface area contributed by atoms with Gasteiger partial charge in [0, 0.05) is 6.42 Å². The van der Waals surface area contributed by atoms with Gasteiger partial charge >= 0.3 is 5.97 Å². The van der Waals surface area contributed by atoms with Gasteiger partial charge in [-0.2, -0.15) is 0 Å². The third-order valence-electron chi connectivity index (χ3n) is 11.2. The summed E-state index contributed by atoms with van der Waals surface area (Å²) in [5.41, 5.74) is 0. The topological polar surface area (TPSA) is 26.3 Å². The van der Waals surface area contributed by atoms with Crippen LogP contribution >= 0.6 is 0 Å². The normalized spacial score (nSPS) is 15.2. The molecule has 0 N–H and O–H groups in total. The third kappa shape index (κ3) is 36.7. The summed E-state index contributed by atoms with van der Waals surface area (Å²) in [6.07, 6.45) is 45.3. The number of allylic oxidation sites excluding steroid dienone is 4. The summed E-state index contributed by atoms with van der Waals surface area (Å²) in [4.78, 5) is 12.2. The fraction of sp³-hybridized carbons (Fsp3) is 0.896. The number of ether oxygens (including phenoxy) is 1. The van der Waals surface area contributed by atoms with Crippen molar-refractivity contribution in [2.45, 2.75) is 235 Å². The largest absolute Gasteiger partial charge is 0.465 e. The van der Waals surface area contributed by atoms with Crippen molar-refractivity contribution in [1.82, 2.24) is 0 Å². The van der Waals surface area contributed by atoms with Crippen molar-refractivity contribution in [2.24, 2.45) is 35.5 Å². The Labute approximate surface area is 316 Å². The number of carbonyl (C=O) groups is 1. The molecule has 296 valence electrons. The Hall–Kier alpha value is -1.05. The smallest absolute Gasteiger partial charge is 0.305 e. The Morgan fingerprint density at radius 2 is 0.840 bits per heavy atom. The zero-order valence-corrected chi connectivity index (χ0v) is 35.6. The van der Waals surface area contributed by atoms with Gasteiger partial charge in [0.2, 0.25) is 0 Å². The van der Waals surface area contributed by atoms with E-state index in [1.165, 1.54) is 154 Å². The van der Waals surface area contributed by atoms with Crippen LogP contribution in [-0.4, -0.2) is 12.6 Å². The molecular formula is C48H92O2. The molecule has 0 heterocycles. The van der Waals surface area contributed by atoms with E-state index in [1.807, 2.05) is 0 Å². The van der Waals surface area contributed by atoms with E-state index in [1.54, 1.807) is 0 Å². The van der Waals surface area contributed by atoms with E-state index in [4.69, 9.17) is 4.74 Å². The van der Waals surface area contributed by atoms with Crippen LogP contribution in [0.2, 0.25) is 0 Å². The number of hydrogen-bond donors (Lipinski definition) is 0. The molecule has 2 heteroatoms. The molecule has 5 unspecified atom stereocenters. The van der Waals surface area contributed by atoms with Crippen LogP contribution in [0, 0.1) is 35.5 Å². The highest BCUT2D eigenvalue weighted by molar-refractivity contribution is 5.69. The molecular weight excluding hydrogens is 609 g/mol. The lowest BCUT2D eigenvalue weighted by molar-refractivity contribution is -0.145. The van der Waals surface area contributed by atoms with Crippen LogP contribution in [0.1, 0.15) is 235 Å². The predicted molar refractivity (Wildman–Crippen MR) is 225 cm³/mol. The predicted octanol–water partition coefficient (Wildman–Crippen LogP) is 16.4. The number of esters is 1. The zero-order valence-electron chi connectivity index (χ0n) is 35.6. The number of carbonyl (C=O) groups excluding carboxylic acids is 1. The molecule has 0 spiro atoms. The first-order valence-corrected chi connectivity index (χ1v) is 22.6. The Balaban J connectivity index is 3.62. The van der Waals surface area contributed by atoms with Crippen molar-refractivity contribution in [2.75, 3.05) is 6.61 Å². The van der Waals surface area contributed by atoms with Gasteiger partial charge in [-0.25, -0.2) is 0 Å². The van der Waals surface area contributed by atoms with E-state index in [-0.39, 0.29) is 5.97 Å². The van der Waals surface area contributed by atoms with E-state index in [0.29, 0.717) is 18.9 Å². The van der Waals surface area contributed by atoms with E-state index >= 15 is 0 Å². The lowest BCUT2D eigenvalue weighted by atomic mass is 9.90. The molecule has 0 saturated carbocycles. The minimum Gasteiger partial charge on any atom is -0.465 e.